The SMILES string of the molecule is CC(C)COc1ccc(C(=O)Nc2ccccc2C(=O)NC(C)(C)C)cc1Br. The number of ether oxygens (including phenoxy) is 1. The van der Waals surface area contributed by atoms with E-state index >= 15 is 0 Å². The molecular weight excluding hydrogens is 420 g/mol. The van der Waals surface area contributed by atoms with Crippen LogP contribution in [0.3, 0.4) is 0 Å². The van der Waals surface area contributed by atoms with Gasteiger partial charge in [-0.05, 0) is 73.0 Å². The van der Waals surface area contributed by atoms with Crippen molar-refractivity contribution < 1.29 is 14.3 Å². The quantitative estimate of drug-likeness (QED) is 0.635. The Bertz CT molecular complexity index is 857. The number of carbonyl (C=O) groups is 2. The molecule has 0 aliphatic heterocycles. The average Bonchev–Trinajstić information content (AvgIpc) is 2.59. The van der Waals surface area contributed by atoms with Crippen molar-refractivity contribution in [3.8, 4) is 5.75 Å². The summed E-state index contributed by atoms with van der Waals surface area (Å²) in [4.78, 5) is 25.2. The maximum Gasteiger partial charge on any atom is 0.255 e. The predicted octanol–water partition coefficient (Wildman–Crippen LogP) is 5.26. The van der Waals surface area contributed by atoms with Gasteiger partial charge in [0.2, 0.25) is 0 Å². The third-order valence-corrected chi connectivity index (χ3v) is 4.29. The molecule has 5 nitrogen and oxygen atoms in total. The Balaban J connectivity index is 2.17. The highest BCUT2D eigenvalue weighted by Crippen LogP contribution is 2.27. The number of halogens is 1. The van der Waals surface area contributed by atoms with Gasteiger partial charge in [0.1, 0.15) is 5.75 Å². The molecule has 0 aliphatic rings. The van der Waals surface area contributed by atoms with Gasteiger partial charge in [0, 0.05) is 11.1 Å². The lowest BCUT2D eigenvalue weighted by atomic mass is 10.1. The summed E-state index contributed by atoms with van der Waals surface area (Å²) in [5, 5.41) is 5.74. The lowest BCUT2D eigenvalue weighted by Crippen LogP contribution is -2.40. The first-order valence-corrected chi connectivity index (χ1v) is 10.0. The fraction of sp³-hybridized carbons (Fsp3) is 0.364. The van der Waals surface area contributed by atoms with Crippen LogP contribution in [0, 0.1) is 5.92 Å². The van der Waals surface area contributed by atoms with E-state index in [4.69, 9.17) is 4.74 Å². The highest BCUT2D eigenvalue weighted by Gasteiger charge is 2.19. The molecule has 28 heavy (non-hydrogen) atoms. The molecule has 2 N–H and O–H groups in total. The molecule has 2 amide bonds. The second-order valence-corrected chi connectivity index (χ2v) is 8.91. The van der Waals surface area contributed by atoms with Crippen molar-refractivity contribution in [3.63, 3.8) is 0 Å². The first kappa shape index (κ1) is 22.0. The first-order valence-electron chi connectivity index (χ1n) is 9.22. The molecule has 0 radical (unpaired) electrons. The Morgan fingerprint density at radius 3 is 2.36 bits per heavy atom. The van der Waals surface area contributed by atoms with Gasteiger partial charge in [0.25, 0.3) is 11.8 Å². The molecule has 2 aromatic rings. The van der Waals surface area contributed by atoms with Crippen LogP contribution in [0.15, 0.2) is 46.9 Å². The van der Waals surface area contributed by atoms with Crippen LogP contribution in [-0.4, -0.2) is 24.0 Å². The molecule has 0 spiro atoms. The number of nitrogens with one attached hydrogen (secondary N) is 2. The van der Waals surface area contributed by atoms with Gasteiger partial charge < -0.3 is 15.4 Å². The molecule has 0 aromatic heterocycles. The van der Waals surface area contributed by atoms with Crippen molar-refractivity contribution in [2.45, 2.75) is 40.2 Å². The monoisotopic (exact) mass is 446 g/mol. The normalized spacial score (nSPS) is 11.2. The summed E-state index contributed by atoms with van der Waals surface area (Å²) >= 11 is 3.45. The molecule has 0 saturated heterocycles. The fourth-order valence-corrected chi connectivity index (χ4v) is 2.90. The lowest BCUT2D eigenvalue weighted by Gasteiger charge is -2.21. The topological polar surface area (TPSA) is 67.4 Å². The predicted molar refractivity (Wildman–Crippen MR) is 116 cm³/mol. The Morgan fingerprint density at radius 2 is 1.75 bits per heavy atom. The van der Waals surface area contributed by atoms with Crippen LogP contribution in [0.4, 0.5) is 5.69 Å². The summed E-state index contributed by atoms with van der Waals surface area (Å²) in [6.07, 6.45) is 0. The number of hydrogen-bond acceptors (Lipinski definition) is 3. The standard InChI is InChI=1S/C22H27BrN2O3/c1-14(2)13-28-19-11-10-15(12-17(19)23)20(26)24-18-9-7-6-8-16(18)21(27)25-22(3,4)5/h6-12,14H,13H2,1-5H3,(H,24,26)(H,25,27). The van der Waals surface area contributed by atoms with Gasteiger partial charge in [0.15, 0.2) is 0 Å². The van der Waals surface area contributed by atoms with Gasteiger partial charge in [-0.3, -0.25) is 9.59 Å². The molecule has 2 aromatic carbocycles. The Kier molecular flexibility index (Phi) is 7.24. The number of benzene rings is 2. The minimum absolute atomic E-state index is 0.234. The molecule has 0 unspecified atom stereocenters. The minimum Gasteiger partial charge on any atom is -0.492 e. The second kappa shape index (κ2) is 9.24. The van der Waals surface area contributed by atoms with E-state index in [2.05, 4.69) is 40.4 Å². The van der Waals surface area contributed by atoms with Crippen molar-refractivity contribution in [2.75, 3.05) is 11.9 Å². The summed E-state index contributed by atoms with van der Waals surface area (Å²) in [5.41, 5.74) is 0.979. The van der Waals surface area contributed by atoms with E-state index in [0.717, 1.165) is 0 Å². The molecule has 2 rings (SSSR count). The zero-order chi connectivity index (χ0) is 20.9. The van der Waals surface area contributed by atoms with Crippen LogP contribution in [0.5, 0.6) is 5.75 Å². The smallest absolute Gasteiger partial charge is 0.255 e. The molecule has 0 atom stereocenters. The van der Waals surface area contributed by atoms with Gasteiger partial charge in [-0.2, -0.15) is 0 Å². The Labute approximate surface area is 175 Å². The molecule has 0 fully saturated rings. The van der Waals surface area contributed by atoms with E-state index in [0.29, 0.717) is 39.6 Å². The van der Waals surface area contributed by atoms with Gasteiger partial charge in [0.05, 0.1) is 22.3 Å². The van der Waals surface area contributed by atoms with E-state index in [1.54, 1.807) is 42.5 Å². The number of amides is 2. The van der Waals surface area contributed by atoms with E-state index in [1.165, 1.54) is 0 Å². The number of anilines is 1. The summed E-state index contributed by atoms with van der Waals surface area (Å²) in [6, 6.07) is 12.1. The number of carbonyl (C=O) groups excluding carboxylic acids is 2. The molecular formula is C22H27BrN2O3. The van der Waals surface area contributed by atoms with Crippen LogP contribution in [-0.2, 0) is 0 Å². The number of rotatable bonds is 6. The van der Waals surface area contributed by atoms with Crippen molar-refractivity contribution >= 4 is 33.4 Å². The summed E-state index contributed by atoms with van der Waals surface area (Å²) in [7, 11) is 0. The van der Waals surface area contributed by atoms with Crippen LogP contribution in [0.2, 0.25) is 0 Å². The minimum atomic E-state index is -0.370. The zero-order valence-corrected chi connectivity index (χ0v) is 18.5. The van der Waals surface area contributed by atoms with E-state index in [1.807, 2.05) is 20.8 Å². The molecule has 0 aliphatic carbocycles. The van der Waals surface area contributed by atoms with Crippen molar-refractivity contribution in [1.82, 2.24) is 5.32 Å². The fourth-order valence-electron chi connectivity index (χ4n) is 2.41. The van der Waals surface area contributed by atoms with Crippen LogP contribution < -0.4 is 15.4 Å². The van der Waals surface area contributed by atoms with Crippen molar-refractivity contribution in [1.29, 1.82) is 0 Å². The summed E-state index contributed by atoms with van der Waals surface area (Å²) < 4.78 is 6.42. The first-order chi connectivity index (χ1) is 13.1. The largest absolute Gasteiger partial charge is 0.492 e. The maximum absolute atomic E-state index is 12.7. The number of hydrogen-bond donors (Lipinski definition) is 2. The Morgan fingerprint density at radius 1 is 1.07 bits per heavy atom. The average molecular weight is 447 g/mol. The highest BCUT2D eigenvalue weighted by molar-refractivity contribution is 9.10. The lowest BCUT2D eigenvalue weighted by molar-refractivity contribution is 0.0920. The molecule has 150 valence electrons. The van der Waals surface area contributed by atoms with E-state index in [-0.39, 0.29) is 17.4 Å². The van der Waals surface area contributed by atoms with Crippen molar-refractivity contribution in [2.24, 2.45) is 5.92 Å². The number of para-hydroxylation sites is 1. The molecule has 0 heterocycles. The summed E-state index contributed by atoms with van der Waals surface area (Å²) in [5.74, 6) is 0.565. The molecule has 0 bridgehead atoms. The second-order valence-electron chi connectivity index (χ2n) is 8.05. The van der Waals surface area contributed by atoms with Gasteiger partial charge in [-0.25, -0.2) is 0 Å². The molecule has 6 heteroatoms. The van der Waals surface area contributed by atoms with Crippen molar-refractivity contribution in [3.05, 3.63) is 58.1 Å². The third-order valence-electron chi connectivity index (χ3n) is 3.67. The Hall–Kier alpha value is -2.34. The molecule has 0 saturated carbocycles. The highest BCUT2D eigenvalue weighted by atomic mass is 79.9. The zero-order valence-electron chi connectivity index (χ0n) is 16.9. The van der Waals surface area contributed by atoms with Gasteiger partial charge in [-0.15, -0.1) is 0 Å². The maximum atomic E-state index is 12.7. The third kappa shape index (κ3) is 6.37. The van der Waals surface area contributed by atoms with Crippen LogP contribution >= 0.6 is 15.9 Å². The van der Waals surface area contributed by atoms with E-state index < -0.39 is 0 Å². The summed E-state index contributed by atoms with van der Waals surface area (Å²) in [6.45, 7) is 10.5. The van der Waals surface area contributed by atoms with E-state index in [9.17, 15) is 9.59 Å². The van der Waals surface area contributed by atoms with Crippen LogP contribution in [0.25, 0.3) is 0 Å². The van der Waals surface area contributed by atoms with Gasteiger partial charge in [-0.1, -0.05) is 26.0 Å². The van der Waals surface area contributed by atoms with Crippen LogP contribution in [0.1, 0.15) is 55.3 Å². The van der Waals surface area contributed by atoms with Gasteiger partial charge >= 0.3 is 0 Å².